The van der Waals surface area contributed by atoms with E-state index in [4.69, 9.17) is 5.73 Å². The van der Waals surface area contributed by atoms with Gasteiger partial charge in [0.2, 0.25) is 5.91 Å². The maximum absolute atomic E-state index is 11.3. The number of anilines is 1. The van der Waals surface area contributed by atoms with Gasteiger partial charge in [-0.15, -0.1) is 0 Å². The van der Waals surface area contributed by atoms with Gasteiger partial charge < -0.3 is 11.1 Å². The topological polar surface area (TPSA) is 72.9 Å². The van der Waals surface area contributed by atoms with E-state index >= 15 is 0 Å². The summed E-state index contributed by atoms with van der Waals surface area (Å²) < 4.78 is 1.61. The Morgan fingerprint density at radius 2 is 2.38 bits per heavy atom. The molecule has 1 aromatic heterocycles. The number of nitrogens with zero attached hydrogens (tertiary/aromatic N) is 2. The van der Waals surface area contributed by atoms with Crippen LogP contribution >= 0.6 is 0 Å². The number of nitrogens with one attached hydrogen (secondary N) is 1. The molecule has 3 N–H and O–H groups in total. The van der Waals surface area contributed by atoms with Gasteiger partial charge in [-0.1, -0.05) is 0 Å². The normalized spacial score (nSPS) is 12.5. The van der Waals surface area contributed by atoms with Gasteiger partial charge in [0, 0.05) is 7.05 Å². The summed E-state index contributed by atoms with van der Waals surface area (Å²) in [5, 5.41) is 6.57. The van der Waals surface area contributed by atoms with Crippen LogP contribution in [0.2, 0.25) is 0 Å². The number of carbonyl (C=O) groups excluding carboxylic acids is 1. The Morgan fingerprint density at radius 3 is 2.77 bits per heavy atom. The Hall–Kier alpha value is -1.52. The molecule has 0 saturated heterocycles. The SMILES string of the molecule is CNC(=O)C(C)n1ncc(N)c1C. The molecule has 0 aromatic carbocycles. The lowest BCUT2D eigenvalue weighted by Crippen LogP contribution is -2.28. The summed E-state index contributed by atoms with van der Waals surface area (Å²) >= 11 is 0. The molecule has 1 aromatic rings. The average Bonchev–Trinajstić information content (AvgIpc) is 2.45. The number of nitrogen functional groups attached to an aromatic ring is 1. The lowest BCUT2D eigenvalue weighted by molar-refractivity contribution is -0.123. The Morgan fingerprint density at radius 1 is 1.77 bits per heavy atom. The third-order valence-electron chi connectivity index (χ3n) is 2.08. The van der Waals surface area contributed by atoms with Crippen LogP contribution in [0.3, 0.4) is 0 Å². The Bertz CT molecular complexity index is 318. The molecule has 1 unspecified atom stereocenters. The molecule has 0 radical (unpaired) electrons. The van der Waals surface area contributed by atoms with Crippen molar-refractivity contribution in [1.82, 2.24) is 15.1 Å². The molecule has 1 rings (SSSR count). The molecule has 1 atom stereocenters. The largest absolute Gasteiger partial charge is 0.396 e. The third-order valence-corrected chi connectivity index (χ3v) is 2.08. The van der Waals surface area contributed by atoms with Gasteiger partial charge in [0.15, 0.2) is 0 Å². The van der Waals surface area contributed by atoms with E-state index in [1.165, 1.54) is 0 Å². The molecule has 13 heavy (non-hydrogen) atoms. The summed E-state index contributed by atoms with van der Waals surface area (Å²) in [7, 11) is 1.60. The first-order valence-electron chi connectivity index (χ1n) is 4.09. The van der Waals surface area contributed by atoms with Gasteiger partial charge in [0.25, 0.3) is 0 Å². The highest BCUT2D eigenvalue weighted by Crippen LogP contribution is 2.14. The molecule has 0 saturated carbocycles. The maximum atomic E-state index is 11.3. The number of aromatic nitrogens is 2. The number of amides is 1. The fourth-order valence-electron chi connectivity index (χ4n) is 1.15. The molecule has 1 amide bonds. The zero-order chi connectivity index (χ0) is 10.0. The van der Waals surface area contributed by atoms with Crippen LogP contribution in [0.5, 0.6) is 0 Å². The van der Waals surface area contributed by atoms with Gasteiger partial charge in [-0.2, -0.15) is 5.10 Å². The van der Waals surface area contributed by atoms with Crippen LogP contribution in [0, 0.1) is 6.92 Å². The van der Waals surface area contributed by atoms with E-state index in [1.807, 2.05) is 6.92 Å². The molecule has 0 fully saturated rings. The highest BCUT2D eigenvalue weighted by molar-refractivity contribution is 5.79. The molecule has 0 aliphatic carbocycles. The van der Waals surface area contributed by atoms with Crippen molar-refractivity contribution >= 4 is 11.6 Å². The third kappa shape index (κ3) is 1.63. The predicted molar refractivity (Wildman–Crippen MR) is 50.2 cm³/mol. The van der Waals surface area contributed by atoms with E-state index in [9.17, 15) is 4.79 Å². The summed E-state index contributed by atoms with van der Waals surface area (Å²) in [6.07, 6.45) is 1.55. The minimum absolute atomic E-state index is 0.0776. The van der Waals surface area contributed by atoms with Crippen LogP contribution in [0.4, 0.5) is 5.69 Å². The van der Waals surface area contributed by atoms with Crippen LogP contribution in [-0.2, 0) is 4.79 Å². The summed E-state index contributed by atoms with van der Waals surface area (Å²) in [5.41, 5.74) is 7.03. The molecular weight excluding hydrogens is 168 g/mol. The number of rotatable bonds is 2. The molecule has 0 spiro atoms. The van der Waals surface area contributed by atoms with Gasteiger partial charge in [-0.05, 0) is 13.8 Å². The zero-order valence-electron chi connectivity index (χ0n) is 8.03. The second kappa shape index (κ2) is 3.47. The second-order valence-electron chi connectivity index (χ2n) is 2.92. The van der Waals surface area contributed by atoms with Crippen molar-refractivity contribution in [3.05, 3.63) is 11.9 Å². The molecule has 5 heteroatoms. The number of likely N-dealkylation sites (N-methyl/N-ethyl adjacent to an activating group) is 1. The predicted octanol–water partition coefficient (Wildman–Crippen LogP) is 0.0807. The lowest BCUT2D eigenvalue weighted by atomic mass is 10.3. The zero-order valence-corrected chi connectivity index (χ0v) is 8.03. The fourth-order valence-corrected chi connectivity index (χ4v) is 1.15. The molecule has 1 heterocycles. The van der Waals surface area contributed by atoms with Crippen molar-refractivity contribution < 1.29 is 4.79 Å². The van der Waals surface area contributed by atoms with E-state index in [1.54, 1.807) is 24.9 Å². The van der Waals surface area contributed by atoms with Gasteiger partial charge >= 0.3 is 0 Å². The lowest BCUT2D eigenvalue weighted by Gasteiger charge is -2.12. The van der Waals surface area contributed by atoms with Crippen LogP contribution in [0.1, 0.15) is 18.7 Å². The van der Waals surface area contributed by atoms with Gasteiger partial charge in [0.1, 0.15) is 6.04 Å². The van der Waals surface area contributed by atoms with Crippen molar-refractivity contribution in [2.75, 3.05) is 12.8 Å². The highest BCUT2D eigenvalue weighted by Gasteiger charge is 2.16. The number of carbonyl (C=O) groups is 1. The summed E-state index contributed by atoms with van der Waals surface area (Å²) in [6, 6.07) is -0.317. The first-order valence-corrected chi connectivity index (χ1v) is 4.09. The van der Waals surface area contributed by atoms with E-state index in [2.05, 4.69) is 10.4 Å². The van der Waals surface area contributed by atoms with Crippen LogP contribution in [-0.4, -0.2) is 22.7 Å². The Labute approximate surface area is 76.9 Å². The second-order valence-corrected chi connectivity index (χ2v) is 2.92. The van der Waals surface area contributed by atoms with E-state index in [-0.39, 0.29) is 11.9 Å². The van der Waals surface area contributed by atoms with Gasteiger partial charge in [0.05, 0.1) is 17.6 Å². The maximum Gasteiger partial charge on any atom is 0.244 e. The highest BCUT2D eigenvalue weighted by atomic mass is 16.2. The van der Waals surface area contributed by atoms with E-state index in [0.717, 1.165) is 5.69 Å². The summed E-state index contributed by atoms with van der Waals surface area (Å²) in [6.45, 7) is 3.61. The Kier molecular flexibility index (Phi) is 2.55. The van der Waals surface area contributed by atoms with Crippen molar-refractivity contribution in [3.8, 4) is 0 Å². The van der Waals surface area contributed by atoms with Crippen LogP contribution < -0.4 is 11.1 Å². The quantitative estimate of drug-likeness (QED) is 0.680. The summed E-state index contributed by atoms with van der Waals surface area (Å²) in [5.74, 6) is -0.0776. The van der Waals surface area contributed by atoms with E-state index < -0.39 is 0 Å². The van der Waals surface area contributed by atoms with Crippen LogP contribution in [0.25, 0.3) is 0 Å². The van der Waals surface area contributed by atoms with Crippen molar-refractivity contribution in [2.24, 2.45) is 0 Å². The first-order chi connectivity index (χ1) is 6.07. The number of nitrogens with two attached hydrogens (primary N) is 1. The van der Waals surface area contributed by atoms with Crippen LogP contribution in [0.15, 0.2) is 6.20 Å². The van der Waals surface area contributed by atoms with Gasteiger partial charge in [-0.3, -0.25) is 9.48 Å². The average molecular weight is 182 g/mol. The minimum Gasteiger partial charge on any atom is -0.396 e. The minimum atomic E-state index is -0.317. The number of hydrogen-bond donors (Lipinski definition) is 2. The monoisotopic (exact) mass is 182 g/mol. The Balaban J connectivity index is 2.95. The fraction of sp³-hybridized carbons (Fsp3) is 0.500. The molecule has 0 aliphatic rings. The molecule has 0 aliphatic heterocycles. The molecule has 72 valence electrons. The van der Waals surface area contributed by atoms with E-state index in [0.29, 0.717) is 5.69 Å². The first kappa shape index (κ1) is 9.57. The van der Waals surface area contributed by atoms with Crippen molar-refractivity contribution in [3.63, 3.8) is 0 Å². The van der Waals surface area contributed by atoms with Crippen molar-refractivity contribution in [2.45, 2.75) is 19.9 Å². The van der Waals surface area contributed by atoms with Crippen molar-refractivity contribution in [1.29, 1.82) is 0 Å². The number of hydrogen-bond acceptors (Lipinski definition) is 3. The van der Waals surface area contributed by atoms with Gasteiger partial charge in [-0.25, -0.2) is 0 Å². The molecule has 0 bridgehead atoms. The summed E-state index contributed by atoms with van der Waals surface area (Å²) in [4.78, 5) is 11.3. The molecule has 5 nitrogen and oxygen atoms in total. The smallest absolute Gasteiger partial charge is 0.244 e. The standard InChI is InChI=1S/C8H14N4O/c1-5-7(9)4-11-12(5)6(2)8(13)10-3/h4,6H,9H2,1-3H3,(H,10,13). The molecular formula is C8H14N4O.